The Morgan fingerprint density at radius 2 is 1.77 bits per heavy atom. The van der Waals surface area contributed by atoms with Crippen LogP contribution in [0.2, 0.25) is 0 Å². The number of benzene rings is 3. The quantitative estimate of drug-likeness (QED) is 0.252. The van der Waals surface area contributed by atoms with Gasteiger partial charge in [-0.25, -0.2) is 9.97 Å². The van der Waals surface area contributed by atoms with Crippen LogP contribution in [0.4, 0.5) is 18.9 Å². The zero-order valence-electron chi connectivity index (χ0n) is 21.4. The van der Waals surface area contributed by atoms with Gasteiger partial charge >= 0.3 is 6.18 Å². The van der Waals surface area contributed by atoms with Gasteiger partial charge in [-0.1, -0.05) is 24.3 Å². The van der Waals surface area contributed by atoms with Crippen molar-refractivity contribution in [3.8, 4) is 22.8 Å². The van der Waals surface area contributed by atoms with Gasteiger partial charge in [-0.2, -0.15) is 18.3 Å². The number of halogens is 3. The summed E-state index contributed by atoms with van der Waals surface area (Å²) in [5.41, 5.74) is 2.42. The second-order valence-corrected chi connectivity index (χ2v) is 8.86. The Labute approximate surface area is 227 Å². The van der Waals surface area contributed by atoms with E-state index >= 15 is 0 Å². The Balaban J connectivity index is 1.28. The number of alkyl halides is 3. The molecule has 0 saturated heterocycles. The summed E-state index contributed by atoms with van der Waals surface area (Å²) in [6, 6.07) is 17.1. The van der Waals surface area contributed by atoms with Crippen molar-refractivity contribution in [1.82, 2.24) is 19.7 Å². The van der Waals surface area contributed by atoms with Crippen LogP contribution in [0.5, 0.6) is 11.5 Å². The molecule has 5 rings (SSSR count). The minimum atomic E-state index is -4.42. The van der Waals surface area contributed by atoms with Crippen molar-refractivity contribution < 1.29 is 27.4 Å². The second kappa shape index (κ2) is 11.4. The average molecular weight is 548 g/mol. The number of nitrogens with one attached hydrogen (secondary N) is 1. The van der Waals surface area contributed by atoms with Crippen molar-refractivity contribution in [3.63, 3.8) is 0 Å². The number of amides is 1. The zero-order chi connectivity index (χ0) is 28.1. The van der Waals surface area contributed by atoms with Gasteiger partial charge in [0.15, 0.2) is 11.5 Å². The van der Waals surface area contributed by atoms with E-state index in [9.17, 15) is 18.0 Å². The molecule has 0 fully saturated rings. The molecule has 0 atom stereocenters. The lowest BCUT2D eigenvalue weighted by Crippen LogP contribution is -2.14. The largest absolute Gasteiger partial charge is 0.493 e. The molecule has 0 saturated carbocycles. The lowest BCUT2D eigenvalue weighted by atomic mass is 10.1. The number of carbonyl (C=O) groups excluding carboxylic acids is 1. The van der Waals surface area contributed by atoms with Gasteiger partial charge in [-0.15, -0.1) is 0 Å². The Hall–Kier alpha value is -4.93. The Morgan fingerprint density at radius 3 is 2.45 bits per heavy atom. The van der Waals surface area contributed by atoms with Crippen LogP contribution in [0.15, 0.2) is 85.5 Å². The number of methoxy groups -OCH3 is 1. The monoisotopic (exact) mass is 547 g/mol. The van der Waals surface area contributed by atoms with Gasteiger partial charge in [0.25, 0.3) is 0 Å². The minimum absolute atomic E-state index is 0.0530. The van der Waals surface area contributed by atoms with Crippen LogP contribution in [0, 0.1) is 0 Å². The van der Waals surface area contributed by atoms with Crippen molar-refractivity contribution in [2.75, 3.05) is 19.0 Å². The highest BCUT2D eigenvalue weighted by atomic mass is 19.4. The molecule has 0 bridgehead atoms. The maximum absolute atomic E-state index is 12.8. The fraction of sp³-hybridized carbons (Fsp3) is 0.172. The highest BCUT2D eigenvalue weighted by Crippen LogP contribution is 2.35. The third-order valence-electron chi connectivity index (χ3n) is 6.15. The van der Waals surface area contributed by atoms with Crippen molar-refractivity contribution in [3.05, 3.63) is 96.6 Å². The molecule has 204 valence electrons. The van der Waals surface area contributed by atoms with E-state index in [1.54, 1.807) is 36.2 Å². The van der Waals surface area contributed by atoms with Crippen LogP contribution in [0.3, 0.4) is 0 Å². The summed E-state index contributed by atoms with van der Waals surface area (Å²) in [5, 5.41) is 7.70. The molecule has 8 nitrogen and oxygen atoms in total. The molecule has 0 spiro atoms. The third kappa shape index (κ3) is 6.20. The summed E-state index contributed by atoms with van der Waals surface area (Å²) in [7, 11) is 1.56. The Morgan fingerprint density at radius 1 is 1.00 bits per heavy atom. The summed E-state index contributed by atoms with van der Waals surface area (Å²) in [4.78, 5) is 21.3. The van der Waals surface area contributed by atoms with Gasteiger partial charge < -0.3 is 14.8 Å². The lowest BCUT2D eigenvalue weighted by molar-refractivity contribution is -0.137. The van der Waals surface area contributed by atoms with Crippen LogP contribution in [-0.2, 0) is 23.9 Å². The number of fused-ring (bicyclic) bond motifs is 1. The van der Waals surface area contributed by atoms with E-state index in [-0.39, 0.29) is 12.3 Å². The number of rotatable bonds is 9. The van der Waals surface area contributed by atoms with E-state index in [0.717, 1.165) is 23.1 Å². The number of hydrogen-bond donors (Lipinski definition) is 1. The van der Waals surface area contributed by atoms with Crippen LogP contribution < -0.4 is 14.8 Å². The van der Waals surface area contributed by atoms with Gasteiger partial charge in [0.05, 0.1) is 36.8 Å². The summed E-state index contributed by atoms with van der Waals surface area (Å²) < 4.78 is 51.5. The topological polar surface area (TPSA) is 91.2 Å². The number of aromatic nitrogens is 4. The average Bonchev–Trinajstić information content (AvgIpc) is 3.46. The van der Waals surface area contributed by atoms with E-state index < -0.39 is 11.7 Å². The van der Waals surface area contributed by atoms with Gasteiger partial charge in [0.1, 0.15) is 12.9 Å². The van der Waals surface area contributed by atoms with E-state index in [4.69, 9.17) is 9.47 Å². The van der Waals surface area contributed by atoms with Crippen LogP contribution >= 0.6 is 0 Å². The molecule has 0 unspecified atom stereocenters. The van der Waals surface area contributed by atoms with Crippen LogP contribution in [-0.4, -0.2) is 39.4 Å². The molecule has 2 aromatic heterocycles. The van der Waals surface area contributed by atoms with E-state index in [2.05, 4.69) is 20.4 Å². The first-order chi connectivity index (χ1) is 19.3. The molecule has 1 N–H and O–H groups in total. The smallest absolute Gasteiger partial charge is 0.416 e. The molecule has 40 heavy (non-hydrogen) atoms. The number of ether oxygens (including phenoxy) is 2. The van der Waals surface area contributed by atoms with Crippen molar-refractivity contribution in [1.29, 1.82) is 0 Å². The highest BCUT2D eigenvalue weighted by molar-refractivity contribution is 5.95. The molecular formula is C29H24F3N5O3. The fourth-order valence-electron chi connectivity index (χ4n) is 4.16. The Bertz CT molecular complexity index is 1600. The molecule has 0 aliphatic rings. The first kappa shape index (κ1) is 26.7. The lowest BCUT2D eigenvalue weighted by Gasteiger charge is -2.13. The second-order valence-electron chi connectivity index (χ2n) is 8.86. The number of carbonyl (C=O) groups is 1. The number of nitrogens with zero attached hydrogens (tertiary/aromatic N) is 4. The Kier molecular flexibility index (Phi) is 7.63. The van der Waals surface area contributed by atoms with E-state index in [1.165, 1.54) is 18.5 Å². The predicted molar refractivity (Wildman–Crippen MR) is 143 cm³/mol. The molecule has 0 radical (unpaired) electrons. The number of anilines is 1. The molecule has 1 amide bonds. The van der Waals surface area contributed by atoms with Gasteiger partial charge in [-0.3, -0.25) is 9.48 Å². The number of hydrogen-bond acceptors (Lipinski definition) is 6. The van der Waals surface area contributed by atoms with E-state index in [1.807, 2.05) is 30.5 Å². The first-order valence-corrected chi connectivity index (χ1v) is 12.3. The summed E-state index contributed by atoms with van der Waals surface area (Å²) >= 11 is 0. The summed E-state index contributed by atoms with van der Waals surface area (Å²) in [6.45, 7) is 0.976. The molecule has 2 heterocycles. The third-order valence-corrected chi connectivity index (χ3v) is 6.15. The van der Waals surface area contributed by atoms with Gasteiger partial charge in [-0.05, 0) is 42.0 Å². The SMILES string of the molecule is COc1cc2c(-c3ccc(NC(=O)Cc4ccc(C(F)(F)F)cc4)cc3)ncnc2cc1OCCn1cccn1. The van der Waals surface area contributed by atoms with Crippen LogP contribution in [0.25, 0.3) is 22.2 Å². The molecule has 0 aliphatic heterocycles. The van der Waals surface area contributed by atoms with Crippen molar-refractivity contribution in [2.24, 2.45) is 0 Å². The fourth-order valence-corrected chi connectivity index (χ4v) is 4.16. The highest BCUT2D eigenvalue weighted by Gasteiger charge is 2.30. The first-order valence-electron chi connectivity index (χ1n) is 12.3. The molecule has 5 aromatic rings. The molecule has 11 heteroatoms. The van der Waals surface area contributed by atoms with Crippen molar-refractivity contribution in [2.45, 2.75) is 19.1 Å². The molecule has 0 aliphatic carbocycles. The normalized spacial score (nSPS) is 11.4. The maximum Gasteiger partial charge on any atom is 0.416 e. The van der Waals surface area contributed by atoms with Crippen LogP contribution in [0.1, 0.15) is 11.1 Å². The predicted octanol–water partition coefficient (Wildman–Crippen LogP) is 5.78. The van der Waals surface area contributed by atoms with Crippen molar-refractivity contribution >= 4 is 22.5 Å². The standard InChI is InChI=1S/C29H24F3N5O3/c1-39-25-16-23-24(17-26(25)40-14-13-37-12-2-11-35-37)33-18-34-28(23)20-5-9-22(10-6-20)36-27(38)15-19-3-7-21(8-4-19)29(30,31)32/h2-12,16-18H,13-15H2,1H3,(H,36,38). The summed E-state index contributed by atoms with van der Waals surface area (Å²) in [5.74, 6) is 0.749. The zero-order valence-corrected chi connectivity index (χ0v) is 21.4. The molecule has 3 aromatic carbocycles. The summed E-state index contributed by atoms with van der Waals surface area (Å²) in [6.07, 6.45) is 0.565. The maximum atomic E-state index is 12.8. The molecular weight excluding hydrogens is 523 g/mol. The van der Waals surface area contributed by atoms with Gasteiger partial charge in [0.2, 0.25) is 5.91 Å². The minimum Gasteiger partial charge on any atom is -0.493 e. The van der Waals surface area contributed by atoms with Gasteiger partial charge in [0, 0.05) is 35.1 Å². The van der Waals surface area contributed by atoms with E-state index in [0.29, 0.717) is 47.1 Å².